The van der Waals surface area contributed by atoms with Gasteiger partial charge in [-0.3, -0.25) is 9.78 Å². The Labute approximate surface area is 141 Å². The summed E-state index contributed by atoms with van der Waals surface area (Å²) in [4.78, 5) is 17.1. The third-order valence-corrected chi connectivity index (χ3v) is 4.08. The lowest BCUT2D eigenvalue weighted by Crippen LogP contribution is -2.33. The van der Waals surface area contributed by atoms with E-state index in [0.717, 1.165) is 22.2 Å². The average Bonchev–Trinajstić information content (AvgIpc) is 2.65. The number of fused-ring (bicyclic) bond motifs is 1. The fourth-order valence-electron chi connectivity index (χ4n) is 2.65. The van der Waals surface area contributed by atoms with Gasteiger partial charge in [0, 0.05) is 23.7 Å². The molecule has 0 radical (unpaired) electrons. The SMILES string of the molecule is COc1ccc(CNC(C)C(=O)c2ccnc3ccccc23)cc1. The summed E-state index contributed by atoms with van der Waals surface area (Å²) in [7, 11) is 1.65. The zero-order valence-corrected chi connectivity index (χ0v) is 13.8. The number of hydrogen-bond donors (Lipinski definition) is 1. The number of Topliss-reactive ketones (excluding diaryl/α,β-unsaturated/α-hetero) is 1. The summed E-state index contributed by atoms with van der Waals surface area (Å²) >= 11 is 0. The molecule has 3 aromatic rings. The molecule has 4 nitrogen and oxygen atoms in total. The third-order valence-electron chi connectivity index (χ3n) is 4.08. The second kappa shape index (κ2) is 7.23. The molecule has 0 saturated carbocycles. The van der Waals surface area contributed by atoms with Gasteiger partial charge >= 0.3 is 0 Å². The summed E-state index contributed by atoms with van der Waals surface area (Å²) in [6, 6.07) is 17.0. The Morgan fingerprint density at radius 2 is 1.88 bits per heavy atom. The molecule has 0 aliphatic rings. The van der Waals surface area contributed by atoms with Crippen LogP contribution in [0.1, 0.15) is 22.8 Å². The van der Waals surface area contributed by atoms with Crippen LogP contribution in [-0.2, 0) is 6.54 Å². The van der Waals surface area contributed by atoms with Crippen LogP contribution in [-0.4, -0.2) is 23.9 Å². The molecule has 0 saturated heterocycles. The van der Waals surface area contributed by atoms with Crippen LogP contribution in [0.5, 0.6) is 5.75 Å². The van der Waals surface area contributed by atoms with Crippen LogP contribution >= 0.6 is 0 Å². The molecule has 1 atom stereocenters. The van der Waals surface area contributed by atoms with Gasteiger partial charge in [0.15, 0.2) is 5.78 Å². The molecular formula is C20H20N2O2. The maximum Gasteiger partial charge on any atom is 0.180 e. The van der Waals surface area contributed by atoms with E-state index in [1.165, 1.54) is 0 Å². The van der Waals surface area contributed by atoms with Gasteiger partial charge in [0.1, 0.15) is 5.75 Å². The van der Waals surface area contributed by atoms with Crippen molar-refractivity contribution in [1.29, 1.82) is 0 Å². The average molecular weight is 320 g/mol. The van der Waals surface area contributed by atoms with E-state index in [-0.39, 0.29) is 11.8 Å². The Kier molecular flexibility index (Phi) is 4.87. The van der Waals surface area contributed by atoms with Crippen LogP contribution in [0.2, 0.25) is 0 Å². The van der Waals surface area contributed by atoms with Crippen molar-refractivity contribution in [3.05, 3.63) is 71.9 Å². The first-order chi connectivity index (χ1) is 11.7. The van der Waals surface area contributed by atoms with Crippen LogP contribution in [0.4, 0.5) is 0 Å². The molecule has 1 aromatic heterocycles. The molecule has 24 heavy (non-hydrogen) atoms. The van der Waals surface area contributed by atoms with Gasteiger partial charge in [0.05, 0.1) is 18.7 Å². The van der Waals surface area contributed by atoms with Crippen LogP contribution in [0.15, 0.2) is 60.8 Å². The van der Waals surface area contributed by atoms with Gasteiger partial charge in [0.2, 0.25) is 0 Å². The smallest absolute Gasteiger partial charge is 0.180 e. The highest BCUT2D eigenvalue weighted by Crippen LogP contribution is 2.18. The van der Waals surface area contributed by atoms with Crippen molar-refractivity contribution in [2.24, 2.45) is 0 Å². The van der Waals surface area contributed by atoms with Crippen molar-refractivity contribution in [2.75, 3.05) is 7.11 Å². The van der Waals surface area contributed by atoms with E-state index >= 15 is 0 Å². The number of nitrogens with zero attached hydrogens (tertiary/aromatic N) is 1. The molecule has 0 aliphatic heterocycles. The third kappa shape index (κ3) is 3.44. The van der Waals surface area contributed by atoms with Crippen LogP contribution in [0.3, 0.4) is 0 Å². The standard InChI is InChI=1S/C20H20N2O2/c1-14(22-13-15-7-9-16(24-2)10-8-15)20(23)18-11-12-21-19-6-4-3-5-17(18)19/h3-12,14,22H,13H2,1-2H3. The van der Waals surface area contributed by atoms with E-state index in [2.05, 4.69) is 10.3 Å². The van der Waals surface area contributed by atoms with Crippen LogP contribution < -0.4 is 10.1 Å². The Bertz CT molecular complexity index is 838. The molecular weight excluding hydrogens is 300 g/mol. The molecule has 1 unspecified atom stereocenters. The molecule has 0 bridgehead atoms. The van der Waals surface area contributed by atoms with Gasteiger partial charge in [0.25, 0.3) is 0 Å². The maximum absolute atomic E-state index is 12.8. The summed E-state index contributed by atoms with van der Waals surface area (Å²) in [6.45, 7) is 2.51. The largest absolute Gasteiger partial charge is 0.497 e. The Morgan fingerprint density at radius 1 is 1.12 bits per heavy atom. The molecule has 0 aliphatic carbocycles. The second-order valence-electron chi connectivity index (χ2n) is 5.69. The quantitative estimate of drug-likeness (QED) is 0.705. The number of rotatable bonds is 6. The molecule has 1 heterocycles. The van der Waals surface area contributed by atoms with Crippen molar-refractivity contribution in [2.45, 2.75) is 19.5 Å². The van der Waals surface area contributed by atoms with E-state index < -0.39 is 0 Å². The molecule has 3 rings (SSSR count). The summed E-state index contributed by atoms with van der Waals surface area (Å²) in [5.41, 5.74) is 2.65. The number of aromatic nitrogens is 1. The first-order valence-electron chi connectivity index (χ1n) is 7.93. The summed E-state index contributed by atoms with van der Waals surface area (Å²) in [5, 5.41) is 4.18. The van der Waals surface area contributed by atoms with E-state index in [9.17, 15) is 4.79 Å². The van der Waals surface area contributed by atoms with Crippen LogP contribution in [0, 0.1) is 0 Å². The fraction of sp³-hybridized carbons (Fsp3) is 0.200. The number of ether oxygens (including phenoxy) is 1. The second-order valence-corrected chi connectivity index (χ2v) is 5.69. The highest BCUT2D eigenvalue weighted by molar-refractivity contribution is 6.09. The zero-order valence-electron chi connectivity index (χ0n) is 13.8. The Morgan fingerprint density at radius 3 is 2.62 bits per heavy atom. The molecule has 0 fully saturated rings. The minimum atomic E-state index is -0.280. The van der Waals surface area contributed by atoms with Gasteiger partial charge in [-0.05, 0) is 36.8 Å². The van der Waals surface area contributed by atoms with Crippen molar-refractivity contribution in [3.8, 4) is 5.75 Å². The molecule has 0 spiro atoms. The number of carbonyl (C=O) groups is 1. The molecule has 0 amide bonds. The lowest BCUT2D eigenvalue weighted by molar-refractivity contribution is 0.0952. The first-order valence-corrected chi connectivity index (χ1v) is 7.93. The Hall–Kier alpha value is -2.72. The number of para-hydroxylation sites is 1. The maximum atomic E-state index is 12.8. The molecule has 122 valence electrons. The minimum absolute atomic E-state index is 0.0714. The van der Waals surface area contributed by atoms with Crippen LogP contribution in [0.25, 0.3) is 10.9 Å². The summed E-state index contributed by atoms with van der Waals surface area (Å²) < 4.78 is 5.15. The number of carbonyl (C=O) groups excluding carboxylic acids is 1. The molecule has 4 heteroatoms. The van der Waals surface area contributed by atoms with Gasteiger partial charge in [-0.25, -0.2) is 0 Å². The summed E-state index contributed by atoms with van der Waals surface area (Å²) in [5.74, 6) is 0.897. The lowest BCUT2D eigenvalue weighted by atomic mass is 10.0. The number of methoxy groups -OCH3 is 1. The summed E-state index contributed by atoms with van der Waals surface area (Å²) in [6.07, 6.45) is 1.69. The van der Waals surface area contributed by atoms with Crippen molar-refractivity contribution < 1.29 is 9.53 Å². The Balaban J connectivity index is 1.71. The number of pyridine rings is 1. The van der Waals surface area contributed by atoms with E-state index in [4.69, 9.17) is 4.74 Å². The number of benzene rings is 2. The number of hydrogen-bond acceptors (Lipinski definition) is 4. The van der Waals surface area contributed by atoms with Gasteiger partial charge in [-0.15, -0.1) is 0 Å². The highest BCUT2D eigenvalue weighted by Gasteiger charge is 2.17. The molecule has 1 N–H and O–H groups in total. The van der Waals surface area contributed by atoms with E-state index in [1.807, 2.05) is 55.5 Å². The predicted molar refractivity (Wildman–Crippen MR) is 95.4 cm³/mol. The topological polar surface area (TPSA) is 51.2 Å². The monoisotopic (exact) mass is 320 g/mol. The number of nitrogens with one attached hydrogen (secondary N) is 1. The van der Waals surface area contributed by atoms with E-state index in [1.54, 1.807) is 19.4 Å². The zero-order chi connectivity index (χ0) is 16.9. The van der Waals surface area contributed by atoms with E-state index in [0.29, 0.717) is 12.1 Å². The normalized spacial score (nSPS) is 12.1. The van der Waals surface area contributed by atoms with Crippen molar-refractivity contribution in [1.82, 2.24) is 10.3 Å². The van der Waals surface area contributed by atoms with Gasteiger partial charge in [-0.2, -0.15) is 0 Å². The van der Waals surface area contributed by atoms with Crippen molar-refractivity contribution >= 4 is 16.7 Å². The highest BCUT2D eigenvalue weighted by atomic mass is 16.5. The minimum Gasteiger partial charge on any atom is -0.497 e. The molecule has 2 aromatic carbocycles. The van der Waals surface area contributed by atoms with Gasteiger partial charge in [-0.1, -0.05) is 30.3 Å². The predicted octanol–water partition coefficient (Wildman–Crippen LogP) is 3.60. The fourth-order valence-corrected chi connectivity index (χ4v) is 2.65. The first kappa shape index (κ1) is 16.1. The lowest BCUT2D eigenvalue weighted by Gasteiger charge is -2.14. The van der Waals surface area contributed by atoms with Gasteiger partial charge < -0.3 is 10.1 Å². The number of ketones is 1. The van der Waals surface area contributed by atoms with Crippen molar-refractivity contribution in [3.63, 3.8) is 0 Å².